The minimum Gasteiger partial charge on any atom is -0.358 e. The summed E-state index contributed by atoms with van der Waals surface area (Å²) in [5.74, 6) is 0.683. The zero-order valence-electron chi connectivity index (χ0n) is 11.5. The minimum atomic E-state index is -0.273. The number of hydrogen-bond donors (Lipinski definition) is 1. The molecule has 0 amide bonds. The molecule has 1 saturated carbocycles. The average molecular weight is 264 g/mol. The van der Waals surface area contributed by atoms with Crippen molar-refractivity contribution in [2.45, 2.75) is 38.3 Å². The standard InChI is InChI=1S/C13H20N4O2/c1-15-11-10(12(18)16(2)13(15)19)7-17(8-14-11)9-5-3-4-6-9/h9,14H,3-8H2,1-2H3. The van der Waals surface area contributed by atoms with E-state index in [1.165, 1.54) is 34.8 Å². The Balaban J connectivity index is 2.01. The number of fused-ring (bicyclic) bond motifs is 1. The van der Waals surface area contributed by atoms with Crippen LogP contribution in [0.2, 0.25) is 0 Å². The first-order valence-electron chi connectivity index (χ1n) is 6.86. The summed E-state index contributed by atoms with van der Waals surface area (Å²) in [4.78, 5) is 26.4. The third-order valence-corrected chi connectivity index (χ3v) is 4.41. The summed E-state index contributed by atoms with van der Waals surface area (Å²) in [7, 11) is 3.25. The Morgan fingerprint density at radius 3 is 2.47 bits per heavy atom. The Hall–Kier alpha value is -1.56. The number of hydrogen-bond acceptors (Lipinski definition) is 4. The summed E-state index contributed by atoms with van der Waals surface area (Å²) in [6, 6.07) is 0.572. The van der Waals surface area contributed by atoms with Crippen molar-refractivity contribution in [2.75, 3.05) is 12.0 Å². The van der Waals surface area contributed by atoms with Crippen LogP contribution in [0.25, 0.3) is 0 Å². The molecule has 0 aromatic carbocycles. The van der Waals surface area contributed by atoms with Gasteiger partial charge in [0.2, 0.25) is 0 Å². The van der Waals surface area contributed by atoms with Gasteiger partial charge in [0.05, 0.1) is 12.2 Å². The molecular formula is C13H20N4O2. The largest absolute Gasteiger partial charge is 0.358 e. The molecule has 0 unspecified atom stereocenters. The zero-order valence-corrected chi connectivity index (χ0v) is 11.5. The van der Waals surface area contributed by atoms with Gasteiger partial charge < -0.3 is 5.32 Å². The fourth-order valence-corrected chi connectivity index (χ4v) is 3.24. The van der Waals surface area contributed by atoms with Crippen LogP contribution < -0.4 is 16.6 Å². The zero-order chi connectivity index (χ0) is 13.6. The van der Waals surface area contributed by atoms with Gasteiger partial charge >= 0.3 is 5.69 Å². The molecule has 0 bridgehead atoms. The highest BCUT2D eigenvalue weighted by atomic mass is 16.2. The van der Waals surface area contributed by atoms with Crippen molar-refractivity contribution < 1.29 is 0 Å². The second-order valence-electron chi connectivity index (χ2n) is 5.55. The van der Waals surface area contributed by atoms with E-state index in [1.54, 1.807) is 14.1 Å². The van der Waals surface area contributed by atoms with Gasteiger partial charge in [-0.1, -0.05) is 12.8 Å². The lowest BCUT2D eigenvalue weighted by molar-refractivity contribution is 0.194. The van der Waals surface area contributed by atoms with E-state index in [1.807, 2.05) is 0 Å². The first kappa shape index (κ1) is 12.5. The normalized spacial score (nSPS) is 20.3. The second-order valence-corrected chi connectivity index (χ2v) is 5.55. The lowest BCUT2D eigenvalue weighted by Gasteiger charge is -2.34. The molecule has 0 atom stereocenters. The van der Waals surface area contributed by atoms with E-state index in [9.17, 15) is 9.59 Å². The summed E-state index contributed by atoms with van der Waals surface area (Å²) in [6.07, 6.45) is 4.98. The van der Waals surface area contributed by atoms with Gasteiger partial charge in [-0.25, -0.2) is 4.79 Å². The topological polar surface area (TPSA) is 59.3 Å². The molecule has 19 heavy (non-hydrogen) atoms. The van der Waals surface area contributed by atoms with Crippen LogP contribution in [0.4, 0.5) is 5.82 Å². The Kier molecular flexibility index (Phi) is 2.97. The highest BCUT2D eigenvalue weighted by Crippen LogP contribution is 2.27. The fourth-order valence-electron chi connectivity index (χ4n) is 3.24. The lowest BCUT2D eigenvalue weighted by atomic mass is 10.1. The van der Waals surface area contributed by atoms with E-state index in [0.717, 1.165) is 6.67 Å². The van der Waals surface area contributed by atoms with Crippen LogP contribution >= 0.6 is 0 Å². The summed E-state index contributed by atoms with van der Waals surface area (Å²) in [5, 5.41) is 3.24. The van der Waals surface area contributed by atoms with Crippen molar-refractivity contribution in [3.63, 3.8) is 0 Å². The van der Waals surface area contributed by atoms with Gasteiger partial charge in [0.15, 0.2) is 0 Å². The third kappa shape index (κ3) is 1.90. The van der Waals surface area contributed by atoms with Crippen LogP contribution in [0.1, 0.15) is 31.2 Å². The molecular weight excluding hydrogens is 244 g/mol. The molecule has 1 aromatic heterocycles. The van der Waals surface area contributed by atoms with Crippen LogP contribution in [0.15, 0.2) is 9.59 Å². The molecule has 3 rings (SSSR count). The first-order chi connectivity index (χ1) is 9.09. The van der Waals surface area contributed by atoms with Crippen LogP contribution in [-0.4, -0.2) is 26.7 Å². The molecule has 1 aliphatic carbocycles. The predicted octanol–water partition coefficient (Wildman–Crippen LogP) is 0.212. The van der Waals surface area contributed by atoms with Crippen LogP contribution in [-0.2, 0) is 20.6 Å². The predicted molar refractivity (Wildman–Crippen MR) is 73.2 cm³/mol. The summed E-state index contributed by atoms with van der Waals surface area (Å²) in [6.45, 7) is 1.37. The van der Waals surface area contributed by atoms with E-state index >= 15 is 0 Å². The Labute approximate surface area is 111 Å². The number of rotatable bonds is 1. The number of aromatic nitrogens is 2. The summed E-state index contributed by atoms with van der Waals surface area (Å²) >= 11 is 0. The fraction of sp³-hybridized carbons (Fsp3) is 0.692. The summed E-state index contributed by atoms with van der Waals surface area (Å²) in [5.41, 5.74) is 0.265. The van der Waals surface area contributed by atoms with Crippen molar-refractivity contribution >= 4 is 5.82 Å². The second kappa shape index (κ2) is 4.52. The summed E-state index contributed by atoms with van der Waals surface area (Å²) < 4.78 is 2.72. The molecule has 1 aliphatic heterocycles. The van der Waals surface area contributed by atoms with Gasteiger partial charge in [-0.3, -0.25) is 18.8 Å². The molecule has 1 aromatic rings. The molecule has 6 nitrogen and oxygen atoms in total. The maximum atomic E-state index is 12.2. The van der Waals surface area contributed by atoms with Gasteiger partial charge in [0, 0.05) is 26.7 Å². The van der Waals surface area contributed by atoms with Gasteiger partial charge in [0.1, 0.15) is 5.82 Å². The number of nitrogens with one attached hydrogen (secondary N) is 1. The lowest BCUT2D eigenvalue weighted by Crippen LogP contribution is -2.48. The van der Waals surface area contributed by atoms with Crippen LogP contribution in [0.3, 0.4) is 0 Å². The monoisotopic (exact) mass is 264 g/mol. The molecule has 2 heterocycles. The SMILES string of the molecule is Cn1c2c(c(=O)n(C)c1=O)CN(C1CCCC1)CN2. The molecule has 0 saturated heterocycles. The molecule has 6 heteroatoms. The van der Waals surface area contributed by atoms with E-state index in [4.69, 9.17) is 0 Å². The average Bonchev–Trinajstić information content (AvgIpc) is 2.96. The molecule has 2 aliphatic rings. The minimum absolute atomic E-state index is 0.173. The molecule has 104 valence electrons. The van der Waals surface area contributed by atoms with Gasteiger partial charge in [-0.15, -0.1) is 0 Å². The van der Waals surface area contributed by atoms with Gasteiger partial charge in [0.25, 0.3) is 5.56 Å². The van der Waals surface area contributed by atoms with Gasteiger partial charge in [-0.2, -0.15) is 0 Å². The Morgan fingerprint density at radius 1 is 1.11 bits per heavy atom. The molecule has 1 N–H and O–H groups in total. The van der Waals surface area contributed by atoms with Crippen molar-refractivity contribution in [3.8, 4) is 0 Å². The molecule has 1 fully saturated rings. The quantitative estimate of drug-likeness (QED) is 0.788. The van der Waals surface area contributed by atoms with E-state index in [2.05, 4.69) is 10.2 Å². The van der Waals surface area contributed by atoms with Crippen LogP contribution in [0, 0.1) is 0 Å². The third-order valence-electron chi connectivity index (χ3n) is 4.41. The van der Waals surface area contributed by atoms with Gasteiger partial charge in [-0.05, 0) is 12.8 Å². The van der Waals surface area contributed by atoms with Crippen molar-refractivity contribution in [3.05, 3.63) is 26.4 Å². The Morgan fingerprint density at radius 2 is 1.79 bits per heavy atom. The molecule has 0 radical (unpaired) electrons. The van der Waals surface area contributed by atoms with E-state index < -0.39 is 0 Å². The smallest absolute Gasteiger partial charge is 0.332 e. The van der Waals surface area contributed by atoms with Crippen molar-refractivity contribution in [1.29, 1.82) is 0 Å². The maximum Gasteiger partial charge on any atom is 0.332 e. The van der Waals surface area contributed by atoms with Crippen molar-refractivity contribution in [2.24, 2.45) is 14.1 Å². The number of nitrogens with zero attached hydrogens (tertiary/aromatic N) is 3. The highest BCUT2D eigenvalue weighted by molar-refractivity contribution is 5.45. The van der Waals surface area contributed by atoms with Crippen LogP contribution in [0.5, 0.6) is 0 Å². The first-order valence-corrected chi connectivity index (χ1v) is 6.86. The van der Waals surface area contributed by atoms with E-state index in [0.29, 0.717) is 24.0 Å². The number of anilines is 1. The maximum absolute atomic E-state index is 12.2. The van der Waals surface area contributed by atoms with Crippen molar-refractivity contribution in [1.82, 2.24) is 14.0 Å². The molecule has 0 spiro atoms. The Bertz CT molecular complexity index is 610. The van der Waals surface area contributed by atoms with E-state index in [-0.39, 0.29) is 11.2 Å². The highest BCUT2D eigenvalue weighted by Gasteiger charge is 2.29.